The van der Waals surface area contributed by atoms with Gasteiger partial charge >= 0.3 is 6.03 Å². The maximum Gasteiger partial charge on any atom is 0.319 e. The zero-order chi connectivity index (χ0) is 17.9. The molecule has 0 radical (unpaired) electrons. The lowest BCUT2D eigenvalue weighted by Gasteiger charge is -2.08. The number of benzene rings is 1. The van der Waals surface area contributed by atoms with Gasteiger partial charge in [-0.05, 0) is 35.9 Å². The van der Waals surface area contributed by atoms with E-state index in [9.17, 15) is 13.2 Å². The molecule has 2 aromatic heterocycles. The summed E-state index contributed by atoms with van der Waals surface area (Å²) in [6, 6.07) is 10.2. The minimum Gasteiger partial charge on any atom is -0.361 e. The van der Waals surface area contributed by atoms with Crippen LogP contribution in [0.2, 0.25) is 0 Å². The predicted molar refractivity (Wildman–Crippen MR) is 96.1 cm³/mol. The number of nitrogens with zero attached hydrogens (tertiary/aromatic N) is 1. The Bertz CT molecular complexity index is 994. The molecule has 3 rings (SSSR count). The van der Waals surface area contributed by atoms with Crippen LogP contribution in [0.3, 0.4) is 0 Å². The van der Waals surface area contributed by atoms with Crippen molar-refractivity contribution >= 4 is 32.5 Å². The van der Waals surface area contributed by atoms with Crippen LogP contribution in [-0.4, -0.2) is 30.2 Å². The van der Waals surface area contributed by atoms with Gasteiger partial charge in [-0.25, -0.2) is 18.2 Å². The summed E-state index contributed by atoms with van der Waals surface area (Å²) in [5, 5.41) is 6.53. The molecule has 7 nitrogen and oxygen atoms in total. The van der Waals surface area contributed by atoms with E-state index < -0.39 is 9.84 Å². The average Bonchev–Trinajstić information content (AvgIpc) is 3.08. The standard InChI is InChI=1S/C17H18N4O3S/c1-2-25(23,24)16-6-3-12(10-19-16)11-20-17(22)21-14-4-5-15-13(9-14)7-8-18-15/h3-10,18H,2,11H2,1H3,(H2,20,21,22). The molecule has 0 aliphatic carbocycles. The second-order valence-corrected chi connectivity index (χ2v) is 7.72. The molecule has 0 spiro atoms. The molecule has 0 fully saturated rings. The third kappa shape index (κ3) is 3.97. The summed E-state index contributed by atoms with van der Waals surface area (Å²) in [6.45, 7) is 1.82. The molecule has 2 heterocycles. The van der Waals surface area contributed by atoms with Gasteiger partial charge in [-0.2, -0.15) is 0 Å². The summed E-state index contributed by atoms with van der Waals surface area (Å²) >= 11 is 0. The number of amides is 2. The van der Waals surface area contributed by atoms with E-state index in [1.807, 2.05) is 30.5 Å². The first kappa shape index (κ1) is 17.0. The first-order valence-corrected chi connectivity index (χ1v) is 9.43. The fourth-order valence-corrected chi connectivity index (χ4v) is 3.12. The Morgan fingerprint density at radius 3 is 2.76 bits per heavy atom. The number of H-pyrrole nitrogens is 1. The number of urea groups is 1. The zero-order valence-corrected chi connectivity index (χ0v) is 14.4. The zero-order valence-electron chi connectivity index (χ0n) is 13.6. The molecular weight excluding hydrogens is 340 g/mol. The van der Waals surface area contributed by atoms with Gasteiger partial charge in [-0.15, -0.1) is 0 Å². The summed E-state index contributed by atoms with van der Waals surface area (Å²) in [5.41, 5.74) is 2.40. The van der Waals surface area contributed by atoms with Crippen LogP contribution >= 0.6 is 0 Å². The van der Waals surface area contributed by atoms with Crippen molar-refractivity contribution in [3.8, 4) is 0 Å². The van der Waals surface area contributed by atoms with E-state index in [0.717, 1.165) is 10.9 Å². The molecule has 0 aliphatic rings. The first-order valence-electron chi connectivity index (χ1n) is 7.77. The van der Waals surface area contributed by atoms with Gasteiger partial charge < -0.3 is 15.6 Å². The van der Waals surface area contributed by atoms with Crippen LogP contribution in [0.1, 0.15) is 12.5 Å². The molecule has 0 saturated heterocycles. The van der Waals surface area contributed by atoms with Crippen molar-refractivity contribution in [2.45, 2.75) is 18.5 Å². The van der Waals surface area contributed by atoms with Crippen LogP contribution in [0.25, 0.3) is 10.9 Å². The molecule has 8 heteroatoms. The Labute approximate surface area is 145 Å². The minimum atomic E-state index is -3.31. The highest BCUT2D eigenvalue weighted by Crippen LogP contribution is 2.17. The maximum atomic E-state index is 12.0. The van der Waals surface area contributed by atoms with Crippen molar-refractivity contribution in [2.75, 3.05) is 11.1 Å². The molecule has 25 heavy (non-hydrogen) atoms. The quantitative estimate of drug-likeness (QED) is 0.652. The van der Waals surface area contributed by atoms with Crippen molar-refractivity contribution in [3.05, 3.63) is 54.4 Å². The molecule has 0 saturated carbocycles. The molecule has 0 aliphatic heterocycles. The Morgan fingerprint density at radius 2 is 2.04 bits per heavy atom. The molecular formula is C17H18N4O3S. The van der Waals surface area contributed by atoms with E-state index >= 15 is 0 Å². The second kappa shape index (κ2) is 6.94. The van der Waals surface area contributed by atoms with Gasteiger partial charge in [0.2, 0.25) is 0 Å². The Balaban J connectivity index is 1.58. The third-order valence-corrected chi connectivity index (χ3v) is 5.40. The van der Waals surface area contributed by atoms with Crippen molar-refractivity contribution < 1.29 is 13.2 Å². The fourth-order valence-electron chi connectivity index (χ4n) is 2.34. The van der Waals surface area contributed by atoms with Crippen LogP contribution in [0.4, 0.5) is 10.5 Å². The van der Waals surface area contributed by atoms with E-state index in [-0.39, 0.29) is 23.4 Å². The molecule has 3 N–H and O–H groups in total. The monoisotopic (exact) mass is 358 g/mol. The molecule has 0 bridgehead atoms. The van der Waals surface area contributed by atoms with Gasteiger partial charge in [-0.1, -0.05) is 13.0 Å². The van der Waals surface area contributed by atoms with Gasteiger partial charge in [-0.3, -0.25) is 0 Å². The Morgan fingerprint density at radius 1 is 1.20 bits per heavy atom. The number of aromatic nitrogens is 2. The number of rotatable bonds is 5. The van der Waals surface area contributed by atoms with Crippen molar-refractivity contribution in [1.29, 1.82) is 0 Å². The summed E-state index contributed by atoms with van der Waals surface area (Å²) in [6.07, 6.45) is 3.29. The maximum absolute atomic E-state index is 12.0. The van der Waals surface area contributed by atoms with Gasteiger partial charge in [0.15, 0.2) is 14.9 Å². The molecule has 0 unspecified atom stereocenters. The molecule has 1 aromatic carbocycles. The van der Waals surface area contributed by atoms with Gasteiger partial charge in [0.25, 0.3) is 0 Å². The van der Waals surface area contributed by atoms with Crippen LogP contribution in [0.5, 0.6) is 0 Å². The first-order chi connectivity index (χ1) is 12.0. The molecule has 0 atom stereocenters. The lowest BCUT2D eigenvalue weighted by Crippen LogP contribution is -2.28. The number of carbonyl (C=O) groups excluding carboxylic acids is 1. The van der Waals surface area contributed by atoms with E-state index in [4.69, 9.17) is 0 Å². The summed E-state index contributed by atoms with van der Waals surface area (Å²) in [7, 11) is -3.31. The molecule has 3 aromatic rings. The molecule has 2 amide bonds. The van der Waals surface area contributed by atoms with E-state index in [1.165, 1.54) is 12.3 Å². The van der Waals surface area contributed by atoms with E-state index in [1.54, 1.807) is 13.0 Å². The van der Waals surface area contributed by atoms with Gasteiger partial charge in [0.1, 0.15) is 0 Å². The number of hydrogen-bond donors (Lipinski definition) is 3. The number of nitrogens with one attached hydrogen (secondary N) is 3. The largest absolute Gasteiger partial charge is 0.361 e. The average molecular weight is 358 g/mol. The number of carbonyl (C=O) groups is 1. The number of fused-ring (bicyclic) bond motifs is 1. The highest BCUT2D eigenvalue weighted by Gasteiger charge is 2.12. The smallest absolute Gasteiger partial charge is 0.319 e. The van der Waals surface area contributed by atoms with Crippen molar-refractivity contribution in [2.24, 2.45) is 0 Å². The normalized spacial score (nSPS) is 11.4. The van der Waals surface area contributed by atoms with Crippen LogP contribution in [0.15, 0.2) is 53.8 Å². The lowest BCUT2D eigenvalue weighted by molar-refractivity contribution is 0.251. The lowest BCUT2D eigenvalue weighted by atomic mass is 10.2. The second-order valence-electron chi connectivity index (χ2n) is 5.50. The van der Waals surface area contributed by atoms with E-state index in [2.05, 4.69) is 20.6 Å². The van der Waals surface area contributed by atoms with E-state index in [0.29, 0.717) is 11.3 Å². The summed E-state index contributed by atoms with van der Waals surface area (Å²) < 4.78 is 23.4. The third-order valence-electron chi connectivity index (χ3n) is 3.76. The molecule has 130 valence electrons. The van der Waals surface area contributed by atoms with Crippen LogP contribution in [-0.2, 0) is 16.4 Å². The van der Waals surface area contributed by atoms with Gasteiger partial charge in [0, 0.05) is 35.5 Å². The Hall–Kier alpha value is -2.87. The number of sulfone groups is 1. The van der Waals surface area contributed by atoms with Crippen LogP contribution in [0, 0.1) is 0 Å². The number of pyridine rings is 1. The minimum absolute atomic E-state index is 0.00545. The highest BCUT2D eigenvalue weighted by atomic mass is 32.2. The van der Waals surface area contributed by atoms with Gasteiger partial charge in [0.05, 0.1) is 5.75 Å². The van der Waals surface area contributed by atoms with Crippen LogP contribution < -0.4 is 10.6 Å². The topological polar surface area (TPSA) is 104 Å². The Kier molecular flexibility index (Phi) is 4.71. The number of hydrogen-bond acceptors (Lipinski definition) is 4. The fraction of sp³-hybridized carbons (Fsp3) is 0.176. The highest BCUT2D eigenvalue weighted by molar-refractivity contribution is 7.91. The number of aromatic amines is 1. The van der Waals surface area contributed by atoms with Crippen molar-refractivity contribution in [3.63, 3.8) is 0 Å². The SMILES string of the molecule is CCS(=O)(=O)c1ccc(CNC(=O)Nc2ccc3[nH]ccc3c2)cn1. The van der Waals surface area contributed by atoms with Crippen molar-refractivity contribution in [1.82, 2.24) is 15.3 Å². The summed E-state index contributed by atoms with van der Waals surface area (Å²) in [5.74, 6) is 0.00545. The summed E-state index contributed by atoms with van der Waals surface area (Å²) in [4.78, 5) is 19.0. The number of anilines is 1. The predicted octanol–water partition coefficient (Wildman–Crippen LogP) is 2.68.